The summed E-state index contributed by atoms with van der Waals surface area (Å²) in [6.45, 7) is 1.64. The number of primary amides is 1. The third-order valence-electron chi connectivity index (χ3n) is 3.65. The molecular formula is C14H16BNO6. The number of benzene rings is 1. The lowest BCUT2D eigenvalue weighted by molar-refractivity contribution is -0.126. The van der Waals surface area contributed by atoms with Crippen molar-refractivity contribution in [1.29, 1.82) is 0 Å². The third kappa shape index (κ3) is 3.28. The van der Waals surface area contributed by atoms with Crippen LogP contribution in [0, 0.1) is 6.92 Å². The van der Waals surface area contributed by atoms with Crippen molar-refractivity contribution >= 4 is 24.8 Å². The summed E-state index contributed by atoms with van der Waals surface area (Å²) in [5, 5.41) is 19.3. The van der Waals surface area contributed by atoms with Crippen molar-refractivity contribution in [3.63, 3.8) is 0 Å². The minimum atomic E-state index is -1.30. The Kier molecular flexibility index (Phi) is 4.51. The van der Waals surface area contributed by atoms with Gasteiger partial charge in [0.1, 0.15) is 17.1 Å². The van der Waals surface area contributed by atoms with Crippen LogP contribution in [0.25, 0.3) is 0 Å². The van der Waals surface area contributed by atoms with E-state index in [4.69, 9.17) is 10.4 Å². The molecule has 116 valence electrons. The van der Waals surface area contributed by atoms with Crippen LogP contribution < -0.4 is 10.4 Å². The van der Waals surface area contributed by atoms with Gasteiger partial charge in [-0.25, -0.2) is 4.79 Å². The van der Waals surface area contributed by atoms with Crippen molar-refractivity contribution in [2.45, 2.75) is 32.0 Å². The van der Waals surface area contributed by atoms with Gasteiger partial charge in [-0.2, -0.15) is 0 Å². The monoisotopic (exact) mass is 305 g/mol. The van der Waals surface area contributed by atoms with Gasteiger partial charge in [0.2, 0.25) is 5.91 Å². The number of Topliss-reactive ketones (excluding diaryl/α,β-unsaturated/α-hetero) is 1. The minimum absolute atomic E-state index is 0.0125. The smallest absolute Gasteiger partial charge is 0.526 e. The number of nitrogens with two attached hydrogens (primary N) is 1. The molecule has 0 saturated heterocycles. The minimum Gasteiger partial charge on any atom is -0.535 e. The summed E-state index contributed by atoms with van der Waals surface area (Å²) in [6, 6.07) is 3.38. The SMILES string of the molecule is Cc1ccc2c(c1C(=O)O)OB(O)[C@@H](CC(=O)CC(N)=O)C2. The van der Waals surface area contributed by atoms with Crippen molar-refractivity contribution in [2.75, 3.05) is 0 Å². The van der Waals surface area contributed by atoms with E-state index in [1.807, 2.05) is 0 Å². The van der Waals surface area contributed by atoms with Gasteiger partial charge < -0.3 is 20.5 Å². The van der Waals surface area contributed by atoms with E-state index in [0.29, 0.717) is 17.5 Å². The topological polar surface area (TPSA) is 127 Å². The number of amides is 1. The lowest BCUT2D eigenvalue weighted by atomic mass is 9.64. The molecular weight excluding hydrogens is 289 g/mol. The molecule has 1 aromatic rings. The highest BCUT2D eigenvalue weighted by molar-refractivity contribution is 6.47. The second kappa shape index (κ2) is 6.19. The van der Waals surface area contributed by atoms with Gasteiger partial charge in [0.15, 0.2) is 0 Å². The molecule has 1 atom stereocenters. The number of hydrogen-bond acceptors (Lipinski definition) is 5. The standard InChI is InChI=1S/C14H16BNO6/c1-7-2-3-8-4-9(5-10(17)6-11(16)18)15(21)22-13(8)12(7)14(19)20/h2-3,9,21H,4-6H2,1H3,(H2,16,18)(H,19,20)/t9-/m1/s1. The van der Waals surface area contributed by atoms with E-state index in [2.05, 4.69) is 0 Å². The molecule has 1 aliphatic rings. The number of rotatable bonds is 5. The van der Waals surface area contributed by atoms with Crippen LogP contribution in [-0.4, -0.2) is 34.9 Å². The van der Waals surface area contributed by atoms with Gasteiger partial charge in [0, 0.05) is 12.2 Å². The molecule has 2 rings (SSSR count). The molecule has 1 aliphatic heterocycles. The van der Waals surface area contributed by atoms with E-state index in [9.17, 15) is 24.5 Å². The maximum atomic E-state index is 11.6. The zero-order valence-corrected chi connectivity index (χ0v) is 12.0. The average molecular weight is 305 g/mol. The molecule has 0 aliphatic carbocycles. The maximum Gasteiger partial charge on any atom is 0.526 e. The lowest BCUT2D eigenvalue weighted by Gasteiger charge is -2.28. The number of carbonyl (C=O) groups excluding carboxylic acids is 2. The molecule has 1 heterocycles. The molecule has 0 saturated carbocycles. The predicted octanol–water partition coefficient (Wildman–Crippen LogP) is 0.313. The van der Waals surface area contributed by atoms with Gasteiger partial charge >= 0.3 is 13.1 Å². The van der Waals surface area contributed by atoms with E-state index >= 15 is 0 Å². The predicted molar refractivity (Wildman–Crippen MR) is 77.6 cm³/mol. The maximum absolute atomic E-state index is 11.6. The Morgan fingerprint density at radius 1 is 1.41 bits per heavy atom. The van der Waals surface area contributed by atoms with Crippen molar-refractivity contribution < 1.29 is 29.2 Å². The Balaban J connectivity index is 2.24. The number of fused-ring (bicyclic) bond motifs is 1. The zero-order valence-electron chi connectivity index (χ0n) is 12.0. The molecule has 22 heavy (non-hydrogen) atoms. The number of carbonyl (C=O) groups is 3. The first-order valence-corrected chi connectivity index (χ1v) is 6.80. The van der Waals surface area contributed by atoms with Crippen LogP contribution in [0.1, 0.15) is 34.3 Å². The number of hydrogen-bond donors (Lipinski definition) is 3. The van der Waals surface area contributed by atoms with Gasteiger partial charge in [-0.1, -0.05) is 12.1 Å². The zero-order chi connectivity index (χ0) is 16.4. The number of aryl methyl sites for hydroxylation is 1. The van der Waals surface area contributed by atoms with Crippen LogP contribution >= 0.6 is 0 Å². The van der Waals surface area contributed by atoms with Gasteiger partial charge in [0.05, 0.1) is 6.42 Å². The van der Waals surface area contributed by atoms with Crippen LogP contribution in [0.4, 0.5) is 0 Å². The van der Waals surface area contributed by atoms with Crippen molar-refractivity contribution in [3.8, 4) is 5.75 Å². The van der Waals surface area contributed by atoms with Gasteiger partial charge in [-0.05, 0) is 24.5 Å². The first kappa shape index (κ1) is 16.0. The van der Waals surface area contributed by atoms with Gasteiger partial charge in [0.25, 0.3) is 0 Å². The van der Waals surface area contributed by atoms with Crippen LogP contribution in [0.3, 0.4) is 0 Å². The highest BCUT2D eigenvalue weighted by Crippen LogP contribution is 2.37. The largest absolute Gasteiger partial charge is 0.535 e. The van der Waals surface area contributed by atoms with E-state index in [1.54, 1.807) is 19.1 Å². The molecule has 0 fully saturated rings. The van der Waals surface area contributed by atoms with Crippen LogP contribution in [0.15, 0.2) is 12.1 Å². The second-order valence-corrected chi connectivity index (χ2v) is 5.41. The van der Waals surface area contributed by atoms with Crippen LogP contribution in [-0.2, 0) is 16.0 Å². The fourth-order valence-electron chi connectivity index (χ4n) is 2.62. The molecule has 1 amide bonds. The molecule has 7 nitrogen and oxygen atoms in total. The molecule has 0 unspecified atom stereocenters. The average Bonchev–Trinajstić information content (AvgIpc) is 2.38. The van der Waals surface area contributed by atoms with E-state index < -0.39 is 24.8 Å². The Bertz CT molecular complexity index is 644. The normalized spacial score (nSPS) is 16.6. The summed E-state index contributed by atoms with van der Waals surface area (Å²) < 4.78 is 5.33. The molecule has 0 spiro atoms. The van der Waals surface area contributed by atoms with Crippen LogP contribution in [0.5, 0.6) is 5.75 Å². The number of carboxylic acids is 1. The number of aromatic carboxylic acids is 1. The number of carboxylic acid groups (broad SMARTS) is 1. The first-order chi connectivity index (χ1) is 10.3. The molecule has 4 N–H and O–H groups in total. The van der Waals surface area contributed by atoms with Crippen LogP contribution in [0.2, 0.25) is 5.82 Å². The lowest BCUT2D eigenvalue weighted by Crippen LogP contribution is -2.36. The van der Waals surface area contributed by atoms with Crippen molar-refractivity contribution in [2.24, 2.45) is 5.73 Å². The van der Waals surface area contributed by atoms with Gasteiger partial charge in [-0.3, -0.25) is 9.59 Å². The van der Waals surface area contributed by atoms with E-state index in [0.717, 1.165) is 0 Å². The summed E-state index contributed by atoms with van der Waals surface area (Å²) in [5.41, 5.74) is 6.12. The summed E-state index contributed by atoms with van der Waals surface area (Å²) in [4.78, 5) is 33.7. The molecule has 0 bridgehead atoms. The van der Waals surface area contributed by atoms with Gasteiger partial charge in [-0.15, -0.1) is 0 Å². The van der Waals surface area contributed by atoms with E-state index in [-0.39, 0.29) is 29.9 Å². The molecule has 8 heteroatoms. The fraction of sp³-hybridized carbons (Fsp3) is 0.357. The first-order valence-electron chi connectivity index (χ1n) is 6.80. The summed E-state index contributed by atoms with van der Waals surface area (Å²) in [6.07, 6.45) is -0.147. The Morgan fingerprint density at radius 3 is 2.68 bits per heavy atom. The highest BCUT2D eigenvalue weighted by Gasteiger charge is 2.38. The summed E-state index contributed by atoms with van der Waals surface area (Å²) in [7, 11) is -1.30. The Hall–Kier alpha value is -2.35. The molecule has 1 aromatic carbocycles. The summed E-state index contributed by atoms with van der Waals surface area (Å²) >= 11 is 0. The van der Waals surface area contributed by atoms with Crippen molar-refractivity contribution in [1.82, 2.24) is 0 Å². The second-order valence-electron chi connectivity index (χ2n) is 5.41. The highest BCUT2D eigenvalue weighted by atomic mass is 16.5. The quantitative estimate of drug-likeness (QED) is 0.531. The number of ketones is 1. The third-order valence-corrected chi connectivity index (χ3v) is 3.65. The molecule has 0 radical (unpaired) electrons. The van der Waals surface area contributed by atoms with Crippen molar-refractivity contribution in [3.05, 3.63) is 28.8 Å². The Morgan fingerprint density at radius 2 is 2.09 bits per heavy atom. The fourth-order valence-corrected chi connectivity index (χ4v) is 2.62. The summed E-state index contributed by atoms with van der Waals surface area (Å²) in [5.74, 6) is -2.64. The molecule has 0 aromatic heterocycles. The van der Waals surface area contributed by atoms with E-state index in [1.165, 1.54) is 0 Å². The Labute approximate surface area is 127 Å².